The zero-order chi connectivity index (χ0) is 8.10. The number of likely N-dealkylation sites (N-methyl/N-ethyl adjacent to an activating group) is 1. The summed E-state index contributed by atoms with van der Waals surface area (Å²) in [4.78, 5) is 0. The van der Waals surface area contributed by atoms with Gasteiger partial charge >= 0.3 is 0 Å². The third kappa shape index (κ3) is 3.74. The Morgan fingerprint density at radius 2 is 2.08 bits per heavy atom. The highest BCUT2D eigenvalue weighted by atomic mass is 35.5. The van der Waals surface area contributed by atoms with E-state index in [0.717, 1.165) is 13.0 Å². The van der Waals surface area contributed by atoms with Crippen LogP contribution in [-0.4, -0.2) is 13.6 Å². The minimum atomic E-state index is 0. The molecule has 1 rings (SSSR count). The first-order valence-corrected chi connectivity index (χ1v) is 4.03. The van der Waals surface area contributed by atoms with Gasteiger partial charge in [0.2, 0.25) is 0 Å². The molecule has 0 aliphatic carbocycles. The quantitative estimate of drug-likeness (QED) is 0.762. The molecule has 0 aliphatic rings. The van der Waals surface area contributed by atoms with Crippen molar-refractivity contribution in [2.45, 2.75) is 13.3 Å². The van der Waals surface area contributed by atoms with E-state index in [1.807, 2.05) is 7.05 Å². The molecule has 2 heteroatoms. The second-order valence-corrected chi connectivity index (χ2v) is 2.84. The standard InChI is InChI=1S/C10H15N.ClH/c1-9-4-3-5-10(8-9)6-7-11-2;/h3-5,8,11H,6-7H2,1-2H3;1H. The number of hydrogen-bond acceptors (Lipinski definition) is 1. The van der Waals surface area contributed by atoms with Gasteiger partial charge in [-0.1, -0.05) is 29.8 Å². The predicted molar refractivity (Wildman–Crippen MR) is 56.1 cm³/mol. The Bertz CT molecular complexity index is 223. The van der Waals surface area contributed by atoms with Crippen molar-refractivity contribution in [1.29, 1.82) is 0 Å². The van der Waals surface area contributed by atoms with Gasteiger partial charge in [0, 0.05) is 0 Å². The van der Waals surface area contributed by atoms with Gasteiger partial charge in [-0.3, -0.25) is 0 Å². The molecular formula is C10H16ClN. The van der Waals surface area contributed by atoms with Gasteiger partial charge in [0.1, 0.15) is 0 Å². The van der Waals surface area contributed by atoms with Crippen LogP contribution in [0.3, 0.4) is 0 Å². The molecule has 0 bridgehead atoms. The molecule has 0 unspecified atom stereocenters. The van der Waals surface area contributed by atoms with E-state index >= 15 is 0 Å². The summed E-state index contributed by atoms with van der Waals surface area (Å²) in [6.07, 6.45) is 1.12. The number of hydrogen-bond donors (Lipinski definition) is 1. The van der Waals surface area contributed by atoms with E-state index in [4.69, 9.17) is 0 Å². The Hall–Kier alpha value is -0.530. The Balaban J connectivity index is 0.00000121. The van der Waals surface area contributed by atoms with E-state index in [0.29, 0.717) is 0 Å². The number of nitrogens with one attached hydrogen (secondary N) is 1. The molecule has 0 spiro atoms. The average molecular weight is 186 g/mol. The van der Waals surface area contributed by atoms with Crippen molar-refractivity contribution >= 4 is 12.4 Å². The third-order valence-corrected chi connectivity index (χ3v) is 1.75. The average Bonchev–Trinajstić information content (AvgIpc) is 2.01. The van der Waals surface area contributed by atoms with Gasteiger partial charge in [0.25, 0.3) is 0 Å². The normalized spacial score (nSPS) is 9.17. The molecule has 68 valence electrons. The van der Waals surface area contributed by atoms with Crippen molar-refractivity contribution in [3.8, 4) is 0 Å². The fraction of sp³-hybridized carbons (Fsp3) is 0.400. The Morgan fingerprint density at radius 3 is 2.67 bits per heavy atom. The van der Waals surface area contributed by atoms with Crippen LogP contribution in [0.5, 0.6) is 0 Å². The van der Waals surface area contributed by atoms with Crippen molar-refractivity contribution in [2.75, 3.05) is 13.6 Å². The van der Waals surface area contributed by atoms with Crippen LogP contribution < -0.4 is 5.32 Å². The smallest absolute Gasteiger partial charge is 0.00114 e. The van der Waals surface area contributed by atoms with Gasteiger partial charge in [-0.25, -0.2) is 0 Å². The van der Waals surface area contributed by atoms with Gasteiger partial charge in [0.15, 0.2) is 0 Å². The molecule has 0 aromatic heterocycles. The first kappa shape index (κ1) is 11.5. The summed E-state index contributed by atoms with van der Waals surface area (Å²) in [7, 11) is 1.98. The lowest BCUT2D eigenvalue weighted by atomic mass is 10.1. The van der Waals surface area contributed by atoms with E-state index in [1.54, 1.807) is 0 Å². The number of aryl methyl sites for hydroxylation is 1. The lowest BCUT2D eigenvalue weighted by Gasteiger charge is -2.00. The van der Waals surface area contributed by atoms with E-state index in [-0.39, 0.29) is 12.4 Å². The molecule has 1 N–H and O–H groups in total. The molecule has 1 aromatic carbocycles. The number of rotatable bonds is 3. The van der Waals surface area contributed by atoms with E-state index in [1.165, 1.54) is 11.1 Å². The summed E-state index contributed by atoms with van der Waals surface area (Å²) >= 11 is 0. The first-order chi connectivity index (χ1) is 5.33. The fourth-order valence-electron chi connectivity index (χ4n) is 1.14. The van der Waals surface area contributed by atoms with E-state index < -0.39 is 0 Å². The minimum Gasteiger partial charge on any atom is -0.319 e. The van der Waals surface area contributed by atoms with Crippen molar-refractivity contribution in [3.63, 3.8) is 0 Å². The van der Waals surface area contributed by atoms with Gasteiger partial charge in [-0.15, -0.1) is 12.4 Å². The fourth-order valence-corrected chi connectivity index (χ4v) is 1.14. The molecule has 1 aromatic rings. The summed E-state index contributed by atoms with van der Waals surface area (Å²) in [6, 6.07) is 8.64. The summed E-state index contributed by atoms with van der Waals surface area (Å²) in [5, 5.41) is 3.14. The van der Waals surface area contributed by atoms with Crippen LogP contribution in [0.1, 0.15) is 11.1 Å². The SMILES string of the molecule is CNCCc1cccc(C)c1.Cl. The molecular weight excluding hydrogens is 170 g/mol. The molecule has 0 saturated heterocycles. The van der Waals surface area contributed by atoms with Gasteiger partial charge in [-0.2, -0.15) is 0 Å². The third-order valence-electron chi connectivity index (χ3n) is 1.75. The summed E-state index contributed by atoms with van der Waals surface area (Å²) in [5.41, 5.74) is 2.76. The zero-order valence-corrected chi connectivity index (χ0v) is 8.45. The molecule has 0 aliphatic heterocycles. The largest absolute Gasteiger partial charge is 0.319 e. The van der Waals surface area contributed by atoms with Crippen LogP contribution in [0.25, 0.3) is 0 Å². The highest BCUT2D eigenvalue weighted by molar-refractivity contribution is 5.85. The number of halogens is 1. The van der Waals surface area contributed by atoms with Crippen LogP contribution in [0, 0.1) is 6.92 Å². The van der Waals surface area contributed by atoms with Crippen molar-refractivity contribution in [2.24, 2.45) is 0 Å². The maximum Gasteiger partial charge on any atom is -0.00114 e. The van der Waals surface area contributed by atoms with Crippen LogP contribution in [0.4, 0.5) is 0 Å². The Labute approximate surface area is 80.6 Å². The van der Waals surface area contributed by atoms with Crippen molar-refractivity contribution in [3.05, 3.63) is 35.4 Å². The monoisotopic (exact) mass is 185 g/mol. The Kier molecular flexibility index (Phi) is 5.77. The lowest BCUT2D eigenvalue weighted by Crippen LogP contribution is -2.10. The van der Waals surface area contributed by atoms with Crippen LogP contribution in [-0.2, 0) is 6.42 Å². The molecule has 0 amide bonds. The van der Waals surface area contributed by atoms with Crippen molar-refractivity contribution in [1.82, 2.24) is 5.32 Å². The van der Waals surface area contributed by atoms with Crippen LogP contribution in [0.15, 0.2) is 24.3 Å². The molecule has 0 heterocycles. The highest BCUT2D eigenvalue weighted by Crippen LogP contribution is 2.03. The van der Waals surface area contributed by atoms with E-state index in [9.17, 15) is 0 Å². The maximum absolute atomic E-state index is 3.14. The summed E-state index contributed by atoms with van der Waals surface area (Å²) in [6.45, 7) is 3.19. The van der Waals surface area contributed by atoms with Gasteiger partial charge in [-0.05, 0) is 32.5 Å². The molecule has 1 nitrogen and oxygen atoms in total. The van der Waals surface area contributed by atoms with Gasteiger partial charge in [0.05, 0.1) is 0 Å². The number of benzene rings is 1. The maximum atomic E-state index is 3.14. The van der Waals surface area contributed by atoms with Crippen LogP contribution in [0.2, 0.25) is 0 Å². The summed E-state index contributed by atoms with van der Waals surface area (Å²) in [5.74, 6) is 0. The first-order valence-electron chi connectivity index (χ1n) is 4.03. The lowest BCUT2D eigenvalue weighted by molar-refractivity contribution is 0.791. The second-order valence-electron chi connectivity index (χ2n) is 2.84. The Morgan fingerprint density at radius 1 is 1.33 bits per heavy atom. The molecule has 12 heavy (non-hydrogen) atoms. The van der Waals surface area contributed by atoms with Crippen molar-refractivity contribution < 1.29 is 0 Å². The predicted octanol–water partition coefficient (Wildman–Crippen LogP) is 2.18. The topological polar surface area (TPSA) is 12.0 Å². The second kappa shape index (κ2) is 6.04. The highest BCUT2D eigenvalue weighted by Gasteiger charge is 1.90. The molecule has 0 saturated carbocycles. The molecule has 0 fully saturated rings. The van der Waals surface area contributed by atoms with E-state index in [2.05, 4.69) is 36.5 Å². The summed E-state index contributed by atoms with van der Waals surface area (Å²) < 4.78 is 0. The molecule has 0 radical (unpaired) electrons. The minimum absolute atomic E-state index is 0. The van der Waals surface area contributed by atoms with Gasteiger partial charge < -0.3 is 5.32 Å². The van der Waals surface area contributed by atoms with Crippen LogP contribution >= 0.6 is 12.4 Å². The zero-order valence-electron chi connectivity index (χ0n) is 7.63. The molecule has 0 atom stereocenters.